The van der Waals surface area contributed by atoms with E-state index in [1.54, 1.807) is 0 Å². The molecule has 1 aromatic carbocycles. The summed E-state index contributed by atoms with van der Waals surface area (Å²) in [5.74, 6) is 2.59. The Kier molecular flexibility index (Phi) is 5.98. The van der Waals surface area contributed by atoms with Crippen LogP contribution in [0.5, 0.6) is 0 Å². The number of benzene rings is 1. The molecule has 0 aromatic heterocycles. The van der Waals surface area contributed by atoms with E-state index in [0.29, 0.717) is 6.42 Å². The fourth-order valence-corrected chi connectivity index (χ4v) is 1.19. The topological polar surface area (TPSA) is 46.2 Å². The average molecular weight is 212 g/mol. The maximum Gasteiger partial charge on any atom is 0.0585 e. The van der Waals surface area contributed by atoms with Crippen molar-refractivity contribution in [2.24, 2.45) is 5.73 Å². The van der Waals surface area contributed by atoms with Crippen molar-refractivity contribution in [2.45, 2.75) is 12.5 Å². The van der Waals surface area contributed by atoms with Crippen LogP contribution < -0.4 is 5.73 Å². The van der Waals surface area contributed by atoms with E-state index < -0.39 is 0 Å². The van der Waals surface area contributed by atoms with Crippen molar-refractivity contribution >= 4 is 12.4 Å². The average Bonchev–Trinajstić information content (AvgIpc) is 2.18. The maximum atomic E-state index is 8.78. The summed E-state index contributed by atoms with van der Waals surface area (Å²) < 4.78 is 0. The number of rotatable bonds is 3. The van der Waals surface area contributed by atoms with Gasteiger partial charge in [-0.1, -0.05) is 24.1 Å². The van der Waals surface area contributed by atoms with Crippen LogP contribution in [0.4, 0.5) is 0 Å². The van der Waals surface area contributed by atoms with Gasteiger partial charge in [-0.3, -0.25) is 0 Å². The summed E-state index contributed by atoms with van der Waals surface area (Å²) in [6, 6.07) is 7.39. The van der Waals surface area contributed by atoms with E-state index >= 15 is 0 Å². The highest BCUT2D eigenvalue weighted by Gasteiger charge is 2.04. The Morgan fingerprint density at radius 2 is 2.07 bits per heavy atom. The van der Waals surface area contributed by atoms with Crippen molar-refractivity contribution in [2.75, 3.05) is 6.61 Å². The van der Waals surface area contributed by atoms with Crippen LogP contribution in [0.3, 0.4) is 0 Å². The molecule has 0 bridgehead atoms. The first-order chi connectivity index (χ1) is 6.27. The number of terminal acetylenes is 1. The molecule has 0 aliphatic rings. The Morgan fingerprint density at radius 3 is 2.64 bits per heavy atom. The number of aliphatic hydroxyl groups is 1. The molecule has 0 radical (unpaired) electrons. The normalized spacial score (nSPS) is 11.2. The van der Waals surface area contributed by atoms with Gasteiger partial charge in [0.05, 0.1) is 6.61 Å². The summed E-state index contributed by atoms with van der Waals surface area (Å²) in [5.41, 5.74) is 7.48. The van der Waals surface area contributed by atoms with Crippen LogP contribution in [0.15, 0.2) is 24.3 Å². The van der Waals surface area contributed by atoms with Crippen LogP contribution in [-0.2, 0) is 6.42 Å². The van der Waals surface area contributed by atoms with Gasteiger partial charge in [-0.25, -0.2) is 0 Å². The van der Waals surface area contributed by atoms with E-state index in [0.717, 1.165) is 11.1 Å². The molecule has 3 N–H and O–H groups in total. The minimum atomic E-state index is -0.227. The van der Waals surface area contributed by atoms with Gasteiger partial charge in [0.2, 0.25) is 0 Å². The van der Waals surface area contributed by atoms with E-state index in [9.17, 15) is 0 Å². The molecule has 1 atom stereocenters. The smallest absolute Gasteiger partial charge is 0.0585 e. The van der Waals surface area contributed by atoms with Gasteiger partial charge in [0, 0.05) is 11.6 Å². The predicted octanol–water partition coefficient (Wildman–Crippen LogP) is 0.952. The molecule has 1 aromatic rings. The van der Waals surface area contributed by atoms with Crippen LogP contribution in [0.25, 0.3) is 0 Å². The lowest BCUT2D eigenvalue weighted by Crippen LogP contribution is -2.27. The first kappa shape index (κ1) is 13.0. The molecule has 2 nitrogen and oxygen atoms in total. The molecule has 76 valence electrons. The Labute approximate surface area is 90.5 Å². The largest absolute Gasteiger partial charge is 0.395 e. The van der Waals surface area contributed by atoms with Crippen LogP contribution in [-0.4, -0.2) is 17.8 Å². The van der Waals surface area contributed by atoms with E-state index in [1.165, 1.54) is 0 Å². The molecule has 1 rings (SSSR count). The zero-order valence-electron chi connectivity index (χ0n) is 7.81. The van der Waals surface area contributed by atoms with Gasteiger partial charge in [0.25, 0.3) is 0 Å². The summed E-state index contributed by atoms with van der Waals surface area (Å²) in [6.07, 6.45) is 5.94. The quantitative estimate of drug-likeness (QED) is 0.732. The zero-order chi connectivity index (χ0) is 9.68. The molecule has 0 saturated carbocycles. The first-order valence-electron chi connectivity index (χ1n) is 4.19. The second-order valence-electron chi connectivity index (χ2n) is 2.95. The second kappa shape index (κ2) is 6.44. The van der Waals surface area contributed by atoms with Gasteiger partial charge in [0.1, 0.15) is 0 Å². The molecule has 0 amide bonds. The molecule has 0 heterocycles. The van der Waals surface area contributed by atoms with Gasteiger partial charge >= 0.3 is 0 Å². The molecule has 0 aliphatic carbocycles. The molecule has 0 fully saturated rings. The van der Waals surface area contributed by atoms with E-state index in [4.69, 9.17) is 17.3 Å². The Balaban J connectivity index is 0.00000169. The summed E-state index contributed by atoms with van der Waals surface area (Å²) >= 11 is 0. The molecule has 0 aliphatic heterocycles. The third kappa shape index (κ3) is 3.39. The van der Waals surface area contributed by atoms with E-state index in [2.05, 4.69) is 5.92 Å². The lowest BCUT2D eigenvalue weighted by atomic mass is 10.0. The highest BCUT2D eigenvalue weighted by atomic mass is 35.5. The standard InChI is InChI=1S/C11H13NO.ClH/c1-2-9-5-3-4-6-10(9)7-11(12)8-13;/h1,3-6,11,13H,7-8,12H2;1H. The lowest BCUT2D eigenvalue weighted by molar-refractivity contribution is 0.265. The lowest BCUT2D eigenvalue weighted by Gasteiger charge is -2.09. The minimum Gasteiger partial charge on any atom is -0.395 e. The van der Waals surface area contributed by atoms with Crippen molar-refractivity contribution < 1.29 is 5.11 Å². The first-order valence-corrected chi connectivity index (χ1v) is 4.19. The Hall–Kier alpha value is -1.01. The van der Waals surface area contributed by atoms with Crippen molar-refractivity contribution in [3.63, 3.8) is 0 Å². The highest BCUT2D eigenvalue weighted by Crippen LogP contribution is 2.08. The van der Waals surface area contributed by atoms with Gasteiger partial charge in [0.15, 0.2) is 0 Å². The maximum absolute atomic E-state index is 8.78. The fourth-order valence-electron chi connectivity index (χ4n) is 1.19. The summed E-state index contributed by atoms with van der Waals surface area (Å²) in [6.45, 7) is -0.0150. The third-order valence-electron chi connectivity index (χ3n) is 1.89. The van der Waals surface area contributed by atoms with Crippen LogP contribution in [0, 0.1) is 12.3 Å². The Bertz CT molecular complexity index is 319. The predicted molar refractivity (Wildman–Crippen MR) is 60.4 cm³/mol. The summed E-state index contributed by atoms with van der Waals surface area (Å²) in [4.78, 5) is 0. The van der Waals surface area contributed by atoms with Gasteiger partial charge < -0.3 is 10.8 Å². The van der Waals surface area contributed by atoms with Crippen LogP contribution in [0.1, 0.15) is 11.1 Å². The molecule has 0 saturated heterocycles. The van der Waals surface area contributed by atoms with Gasteiger partial charge in [-0.2, -0.15) is 0 Å². The third-order valence-corrected chi connectivity index (χ3v) is 1.89. The van der Waals surface area contributed by atoms with E-state index in [-0.39, 0.29) is 25.1 Å². The summed E-state index contributed by atoms with van der Waals surface area (Å²) in [7, 11) is 0. The molecular weight excluding hydrogens is 198 g/mol. The van der Waals surface area contributed by atoms with E-state index in [1.807, 2.05) is 24.3 Å². The zero-order valence-corrected chi connectivity index (χ0v) is 8.63. The van der Waals surface area contributed by atoms with Crippen molar-refractivity contribution in [3.05, 3.63) is 35.4 Å². The van der Waals surface area contributed by atoms with Crippen LogP contribution >= 0.6 is 12.4 Å². The monoisotopic (exact) mass is 211 g/mol. The van der Waals surface area contributed by atoms with Crippen molar-refractivity contribution in [3.8, 4) is 12.3 Å². The Morgan fingerprint density at radius 1 is 1.43 bits per heavy atom. The highest BCUT2D eigenvalue weighted by molar-refractivity contribution is 5.85. The van der Waals surface area contributed by atoms with Crippen molar-refractivity contribution in [1.29, 1.82) is 0 Å². The SMILES string of the molecule is C#Cc1ccccc1CC(N)CO.Cl. The molecule has 0 spiro atoms. The minimum absolute atomic E-state index is 0. The molecule has 1 unspecified atom stereocenters. The number of nitrogens with two attached hydrogens (primary N) is 1. The number of hydrogen-bond donors (Lipinski definition) is 2. The molecular formula is C11H14ClNO. The van der Waals surface area contributed by atoms with Gasteiger partial charge in [-0.05, 0) is 18.1 Å². The molecule has 3 heteroatoms. The van der Waals surface area contributed by atoms with Gasteiger partial charge in [-0.15, -0.1) is 18.8 Å². The number of hydrogen-bond acceptors (Lipinski definition) is 2. The van der Waals surface area contributed by atoms with Crippen LogP contribution in [0.2, 0.25) is 0 Å². The summed E-state index contributed by atoms with van der Waals surface area (Å²) in [5, 5.41) is 8.78. The van der Waals surface area contributed by atoms with Crippen molar-refractivity contribution in [1.82, 2.24) is 0 Å². The number of aliphatic hydroxyl groups excluding tert-OH is 1. The fraction of sp³-hybridized carbons (Fsp3) is 0.273. The molecule has 14 heavy (non-hydrogen) atoms. The number of halogens is 1. The second-order valence-corrected chi connectivity index (χ2v) is 2.95.